The van der Waals surface area contributed by atoms with Crippen LogP contribution < -0.4 is 9.47 Å². The molecule has 0 bridgehead atoms. The molecule has 0 saturated carbocycles. The highest BCUT2D eigenvalue weighted by Crippen LogP contribution is 2.33. The van der Waals surface area contributed by atoms with E-state index < -0.39 is 0 Å². The summed E-state index contributed by atoms with van der Waals surface area (Å²) < 4.78 is 10.6. The molecule has 1 heterocycles. The summed E-state index contributed by atoms with van der Waals surface area (Å²) >= 11 is 0. The molecule has 2 rings (SSSR count). The predicted molar refractivity (Wildman–Crippen MR) is 65.8 cm³/mol. The molecule has 1 aromatic carbocycles. The fourth-order valence-corrected chi connectivity index (χ4v) is 1.80. The molecule has 0 spiro atoms. The van der Waals surface area contributed by atoms with E-state index in [1.54, 1.807) is 20.3 Å². The van der Waals surface area contributed by atoms with Gasteiger partial charge in [0.1, 0.15) is 0 Å². The first kappa shape index (κ1) is 11.5. The molecule has 0 radical (unpaired) electrons. The van der Waals surface area contributed by atoms with Crippen molar-refractivity contribution in [3.05, 3.63) is 36.4 Å². The Morgan fingerprint density at radius 1 is 1.41 bits per heavy atom. The molecule has 1 aromatic rings. The molecular formula is C13H15NO3. The normalized spacial score (nSPS) is 18.2. The average Bonchev–Trinajstić information content (AvgIpc) is 2.86. The van der Waals surface area contributed by atoms with Crippen molar-refractivity contribution in [3.8, 4) is 11.5 Å². The van der Waals surface area contributed by atoms with Gasteiger partial charge in [0.2, 0.25) is 0 Å². The van der Waals surface area contributed by atoms with Crippen LogP contribution in [-0.4, -0.2) is 26.0 Å². The number of oxime groups is 1. The predicted octanol–water partition coefficient (Wildman–Crippen LogP) is 2.38. The Morgan fingerprint density at radius 2 is 2.24 bits per heavy atom. The summed E-state index contributed by atoms with van der Waals surface area (Å²) in [6.45, 7) is 3.69. The van der Waals surface area contributed by atoms with Crippen LogP contribution in [0.15, 0.2) is 36.0 Å². The van der Waals surface area contributed by atoms with Crippen molar-refractivity contribution in [3.63, 3.8) is 0 Å². The minimum absolute atomic E-state index is 0.0547. The van der Waals surface area contributed by atoms with Gasteiger partial charge < -0.3 is 14.3 Å². The maximum Gasteiger partial charge on any atom is 0.169 e. The van der Waals surface area contributed by atoms with Crippen LogP contribution in [0.2, 0.25) is 0 Å². The van der Waals surface area contributed by atoms with Gasteiger partial charge >= 0.3 is 0 Å². The quantitative estimate of drug-likeness (QED) is 0.750. The van der Waals surface area contributed by atoms with Gasteiger partial charge in [-0.05, 0) is 18.2 Å². The van der Waals surface area contributed by atoms with Crippen molar-refractivity contribution in [2.45, 2.75) is 12.5 Å². The molecule has 0 aromatic heterocycles. The molecule has 90 valence electrons. The van der Waals surface area contributed by atoms with Gasteiger partial charge in [-0.15, -0.1) is 0 Å². The number of ether oxygens (including phenoxy) is 2. The molecule has 1 atom stereocenters. The second-order valence-corrected chi connectivity index (χ2v) is 3.66. The Bertz CT molecular complexity index is 454. The third-order valence-electron chi connectivity index (χ3n) is 2.67. The van der Waals surface area contributed by atoms with Gasteiger partial charge in [-0.2, -0.15) is 0 Å². The van der Waals surface area contributed by atoms with E-state index in [1.165, 1.54) is 0 Å². The molecule has 0 saturated heterocycles. The zero-order valence-electron chi connectivity index (χ0n) is 9.97. The highest BCUT2D eigenvalue weighted by Gasteiger charge is 2.23. The molecule has 0 fully saturated rings. The van der Waals surface area contributed by atoms with Crippen LogP contribution in [0, 0.1) is 0 Å². The minimum Gasteiger partial charge on any atom is -0.493 e. The highest BCUT2D eigenvalue weighted by atomic mass is 16.6. The molecule has 0 N–H and O–H groups in total. The Balaban J connectivity index is 2.36. The number of hydrogen-bond acceptors (Lipinski definition) is 4. The minimum atomic E-state index is -0.0547. The lowest BCUT2D eigenvalue weighted by Crippen LogP contribution is -2.06. The van der Waals surface area contributed by atoms with E-state index in [4.69, 9.17) is 14.3 Å². The zero-order valence-corrected chi connectivity index (χ0v) is 9.97. The Labute approximate surface area is 100 Å². The fraction of sp³-hybridized carbons (Fsp3) is 0.308. The smallest absolute Gasteiger partial charge is 0.169 e. The van der Waals surface area contributed by atoms with Gasteiger partial charge in [0.05, 0.1) is 19.9 Å². The average molecular weight is 233 g/mol. The standard InChI is InChI=1S/C13H15NO3/c1-4-9-8-11(14-17-9)10-6-5-7-12(15-2)13(10)16-3/h4-7,9H,1,8H2,2-3H3. The van der Waals surface area contributed by atoms with Crippen LogP contribution in [0.3, 0.4) is 0 Å². The Kier molecular flexibility index (Phi) is 3.32. The molecule has 1 aliphatic heterocycles. The summed E-state index contributed by atoms with van der Waals surface area (Å²) in [5.74, 6) is 1.37. The largest absolute Gasteiger partial charge is 0.493 e. The topological polar surface area (TPSA) is 40.0 Å². The lowest BCUT2D eigenvalue weighted by molar-refractivity contribution is 0.120. The van der Waals surface area contributed by atoms with Crippen molar-refractivity contribution in [2.75, 3.05) is 14.2 Å². The van der Waals surface area contributed by atoms with Crippen molar-refractivity contribution >= 4 is 5.71 Å². The molecule has 17 heavy (non-hydrogen) atoms. The van der Waals surface area contributed by atoms with Crippen LogP contribution >= 0.6 is 0 Å². The second kappa shape index (κ2) is 4.91. The summed E-state index contributed by atoms with van der Waals surface area (Å²) in [5, 5.41) is 4.05. The number of benzene rings is 1. The van der Waals surface area contributed by atoms with Crippen molar-refractivity contribution in [1.82, 2.24) is 0 Å². The summed E-state index contributed by atoms with van der Waals surface area (Å²) in [6, 6.07) is 5.69. The first-order chi connectivity index (χ1) is 8.30. The third-order valence-corrected chi connectivity index (χ3v) is 2.67. The maximum absolute atomic E-state index is 5.36. The van der Waals surface area contributed by atoms with Crippen molar-refractivity contribution in [1.29, 1.82) is 0 Å². The maximum atomic E-state index is 5.36. The molecule has 4 nitrogen and oxygen atoms in total. The SMILES string of the molecule is C=CC1CC(c2cccc(OC)c2OC)=NO1. The van der Waals surface area contributed by atoms with Gasteiger partial charge in [0, 0.05) is 12.0 Å². The van der Waals surface area contributed by atoms with Gasteiger partial charge in [0.15, 0.2) is 17.6 Å². The van der Waals surface area contributed by atoms with E-state index in [2.05, 4.69) is 11.7 Å². The lowest BCUT2D eigenvalue weighted by Gasteiger charge is -2.11. The van der Waals surface area contributed by atoms with E-state index in [9.17, 15) is 0 Å². The summed E-state index contributed by atoms with van der Waals surface area (Å²) in [7, 11) is 3.23. The summed E-state index contributed by atoms with van der Waals surface area (Å²) in [4.78, 5) is 5.22. The molecule has 1 unspecified atom stereocenters. The monoisotopic (exact) mass is 233 g/mol. The van der Waals surface area contributed by atoms with E-state index in [-0.39, 0.29) is 6.10 Å². The number of para-hydroxylation sites is 1. The third kappa shape index (κ3) is 2.11. The van der Waals surface area contributed by atoms with Crippen LogP contribution in [0.5, 0.6) is 11.5 Å². The van der Waals surface area contributed by atoms with E-state index >= 15 is 0 Å². The van der Waals surface area contributed by atoms with Gasteiger partial charge in [-0.3, -0.25) is 0 Å². The fourth-order valence-electron chi connectivity index (χ4n) is 1.80. The van der Waals surface area contributed by atoms with E-state index in [0.717, 1.165) is 11.3 Å². The van der Waals surface area contributed by atoms with Crippen molar-refractivity contribution < 1.29 is 14.3 Å². The number of hydrogen-bond donors (Lipinski definition) is 0. The Hall–Kier alpha value is -1.97. The lowest BCUT2D eigenvalue weighted by atomic mass is 10.0. The number of nitrogens with zero attached hydrogens (tertiary/aromatic N) is 1. The Morgan fingerprint density at radius 3 is 2.82 bits per heavy atom. The van der Waals surface area contributed by atoms with E-state index in [0.29, 0.717) is 17.9 Å². The van der Waals surface area contributed by atoms with Crippen molar-refractivity contribution in [2.24, 2.45) is 5.16 Å². The molecule has 0 aliphatic carbocycles. The van der Waals surface area contributed by atoms with Crippen LogP contribution in [0.1, 0.15) is 12.0 Å². The molecule has 4 heteroatoms. The highest BCUT2D eigenvalue weighted by molar-refractivity contribution is 6.04. The zero-order chi connectivity index (χ0) is 12.3. The van der Waals surface area contributed by atoms with Crippen LogP contribution in [0.4, 0.5) is 0 Å². The van der Waals surface area contributed by atoms with Gasteiger partial charge in [-0.1, -0.05) is 17.8 Å². The summed E-state index contributed by atoms with van der Waals surface area (Å²) in [5.41, 5.74) is 1.75. The molecule has 1 aliphatic rings. The first-order valence-electron chi connectivity index (χ1n) is 5.36. The van der Waals surface area contributed by atoms with Crippen LogP contribution in [0.25, 0.3) is 0 Å². The van der Waals surface area contributed by atoms with Gasteiger partial charge in [-0.25, -0.2) is 0 Å². The van der Waals surface area contributed by atoms with E-state index in [1.807, 2.05) is 18.2 Å². The van der Waals surface area contributed by atoms with Gasteiger partial charge in [0.25, 0.3) is 0 Å². The molecular weight excluding hydrogens is 218 g/mol. The van der Waals surface area contributed by atoms with Crippen LogP contribution in [-0.2, 0) is 4.84 Å². The number of methoxy groups -OCH3 is 2. The first-order valence-corrected chi connectivity index (χ1v) is 5.36. The second-order valence-electron chi connectivity index (χ2n) is 3.66. The number of rotatable bonds is 4. The summed E-state index contributed by atoms with van der Waals surface area (Å²) in [6.07, 6.45) is 2.39. The molecule has 0 amide bonds.